The second-order valence-electron chi connectivity index (χ2n) is 0. The molecule has 0 heterocycles. The van der Waals surface area contributed by atoms with Crippen LogP contribution in [0.15, 0.2) is 0 Å². The molecule has 0 aromatic heterocycles. The van der Waals surface area contributed by atoms with E-state index in [1.165, 1.54) is 0 Å². The second-order valence-corrected chi connectivity index (χ2v) is 0. The largest absolute Gasteiger partial charge is 0.412 e. The maximum absolute atomic E-state index is 0. The summed E-state index contributed by atoms with van der Waals surface area (Å²) in [5.74, 6) is 0. The minimum absolute atomic E-state index is 0. The zero-order valence-electron chi connectivity index (χ0n) is 14.0. The topological polar surface area (TPSA) is 598 Å². The zero-order chi connectivity index (χ0) is 0. The van der Waals surface area contributed by atoms with Gasteiger partial charge in [0.1, 0.15) is 0 Å². The van der Waals surface area contributed by atoms with Crippen LogP contribution < -0.4 is 0 Å². The van der Waals surface area contributed by atoms with Crippen molar-refractivity contribution in [3.8, 4) is 0 Å². The maximum Gasteiger partial charge on any atom is 0 e. The van der Waals surface area contributed by atoms with Gasteiger partial charge in [-0.15, -0.1) is 0 Å². The van der Waals surface area contributed by atoms with Crippen molar-refractivity contribution >= 4 is 106 Å². The summed E-state index contributed by atoms with van der Waals surface area (Å²) in [5, 5.41) is 0. The Morgan fingerprint density at radius 3 is 0.111 bits per heavy atom. The van der Waals surface area contributed by atoms with Crippen LogP contribution in [0.4, 0.5) is 0 Å². The van der Waals surface area contributed by atoms with Crippen LogP contribution in [0.5, 0.6) is 0 Å². The van der Waals surface area contributed by atoms with E-state index >= 15 is 0 Å². The van der Waals surface area contributed by atoms with Gasteiger partial charge in [0.25, 0.3) is 0 Å². The van der Waals surface area contributed by atoms with Gasteiger partial charge in [-0.05, 0) is 0 Å². The van der Waals surface area contributed by atoms with Crippen molar-refractivity contribution in [1.82, 2.24) is 0 Å². The molecule has 0 fully saturated rings. The zero-order valence-corrected chi connectivity index (χ0v) is 23.0. The van der Waals surface area contributed by atoms with E-state index in [2.05, 4.69) is 0 Å². The third-order valence-corrected chi connectivity index (χ3v) is 0. The van der Waals surface area contributed by atoms with Gasteiger partial charge in [0, 0.05) is 106 Å². The summed E-state index contributed by atoms with van der Waals surface area (Å²) in [6, 6.07) is 0. The minimum atomic E-state index is 0. The molecule has 181 valence electrons. The standard InChI is InChI=1S/Na.19H2O.7Si/h;19*1H2;;;;;;;. The Morgan fingerprint density at radius 2 is 0.111 bits per heavy atom. The summed E-state index contributed by atoms with van der Waals surface area (Å²) in [7, 11) is 0. The third kappa shape index (κ3) is 5960. The molecule has 27 heteroatoms. The van der Waals surface area contributed by atoms with Crippen LogP contribution in [0, 0.1) is 0 Å². The monoisotopic (exact) mass is 561 g/mol. The molecule has 0 unspecified atom stereocenters. The van der Waals surface area contributed by atoms with E-state index < -0.39 is 0 Å². The van der Waals surface area contributed by atoms with Crippen LogP contribution in [-0.2, 0) is 0 Å². The Kier molecular flexibility index (Phi) is 1710000. The van der Waals surface area contributed by atoms with Gasteiger partial charge in [0.15, 0.2) is 0 Å². The minimum Gasteiger partial charge on any atom is -0.412 e. The van der Waals surface area contributed by atoms with Crippen molar-refractivity contribution in [1.29, 1.82) is 0 Å². The van der Waals surface area contributed by atoms with Crippen LogP contribution in [0.2, 0.25) is 0 Å². The van der Waals surface area contributed by atoms with Crippen LogP contribution in [-0.4, -0.2) is 210 Å². The summed E-state index contributed by atoms with van der Waals surface area (Å²) < 4.78 is 0. The molecule has 38 N–H and O–H groups in total. The Morgan fingerprint density at radius 1 is 0.111 bits per heavy atom. The van der Waals surface area contributed by atoms with Crippen LogP contribution in [0.3, 0.4) is 0 Å². The van der Waals surface area contributed by atoms with Gasteiger partial charge in [-0.2, -0.15) is 0 Å². The first kappa shape index (κ1) is 7170. The smallest absolute Gasteiger partial charge is 0 e. The van der Waals surface area contributed by atoms with Gasteiger partial charge in [0.2, 0.25) is 0 Å². The summed E-state index contributed by atoms with van der Waals surface area (Å²) in [5.41, 5.74) is 0. The molecule has 0 aliphatic heterocycles. The van der Waals surface area contributed by atoms with E-state index in [0.717, 1.165) is 0 Å². The third-order valence-electron chi connectivity index (χ3n) is 0. The number of hydrogen-bond donors (Lipinski definition) is 0. The van der Waals surface area contributed by atoms with Crippen LogP contribution >= 0.6 is 0 Å². The molecule has 0 aromatic rings. The maximum atomic E-state index is 0. The fraction of sp³-hybridized carbons (Fsp3) is 0. The molecule has 29 radical (unpaired) electrons. The quantitative estimate of drug-likeness (QED) is 0.248. The normalized spacial score (nSPS) is 0. The van der Waals surface area contributed by atoms with E-state index in [1.807, 2.05) is 0 Å². The average Bonchev–Trinajstić information content (AvgIpc) is 0. The molecule has 0 aromatic carbocycles. The molecule has 0 saturated heterocycles. The van der Waals surface area contributed by atoms with Gasteiger partial charge < -0.3 is 104 Å². The molecular weight excluding hydrogens is 524 g/mol. The molecule has 0 spiro atoms. The first-order chi connectivity index (χ1) is 0. The van der Waals surface area contributed by atoms with E-state index in [0.29, 0.717) is 0 Å². The number of rotatable bonds is 0. The Hall–Kier alpha value is 1.76. The summed E-state index contributed by atoms with van der Waals surface area (Å²) in [4.78, 5) is 0. The second kappa shape index (κ2) is 6430. The summed E-state index contributed by atoms with van der Waals surface area (Å²) >= 11 is 0. The van der Waals surface area contributed by atoms with Crippen molar-refractivity contribution in [2.45, 2.75) is 0 Å². The molecular formula is H38NaO19Si7. The van der Waals surface area contributed by atoms with Crippen molar-refractivity contribution in [2.75, 3.05) is 0 Å². The van der Waals surface area contributed by atoms with Crippen LogP contribution in [0.25, 0.3) is 0 Å². The van der Waals surface area contributed by atoms with Crippen molar-refractivity contribution in [3.05, 3.63) is 0 Å². The molecule has 0 aliphatic rings. The fourth-order valence-corrected chi connectivity index (χ4v) is 0. The van der Waals surface area contributed by atoms with E-state index in [9.17, 15) is 0 Å². The molecule has 0 amide bonds. The Bertz CT molecular complexity index is 28.0. The molecule has 0 atom stereocenters. The summed E-state index contributed by atoms with van der Waals surface area (Å²) in [6.07, 6.45) is 0. The molecule has 19 nitrogen and oxygen atoms in total. The SMILES string of the molecule is O.O.O.O.O.O.O.O.O.O.O.O.O.O.O.O.O.O.O.[Na].[Si].[Si].[Si].[Si].[Si].[Si].[Si]. The fourth-order valence-electron chi connectivity index (χ4n) is 0. The van der Waals surface area contributed by atoms with Gasteiger partial charge in [-0.25, -0.2) is 0 Å². The predicted octanol–water partition coefficient (Wildman–Crippen LogP) is -18.7. The van der Waals surface area contributed by atoms with Crippen molar-refractivity contribution in [3.63, 3.8) is 0 Å². The Labute approximate surface area is 209 Å². The van der Waals surface area contributed by atoms with Gasteiger partial charge in [-0.1, -0.05) is 0 Å². The molecule has 0 saturated carbocycles. The van der Waals surface area contributed by atoms with Crippen molar-refractivity contribution < 1.29 is 104 Å². The van der Waals surface area contributed by atoms with Crippen LogP contribution in [0.1, 0.15) is 0 Å². The van der Waals surface area contributed by atoms with E-state index in [-0.39, 0.29) is 210 Å². The van der Waals surface area contributed by atoms with E-state index in [1.54, 1.807) is 0 Å². The van der Waals surface area contributed by atoms with Gasteiger partial charge >= 0.3 is 0 Å². The first-order valence-electron chi connectivity index (χ1n) is 0. The summed E-state index contributed by atoms with van der Waals surface area (Å²) in [6.45, 7) is 0. The van der Waals surface area contributed by atoms with E-state index in [4.69, 9.17) is 0 Å². The van der Waals surface area contributed by atoms with Crippen molar-refractivity contribution in [2.24, 2.45) is 0 Å². The molecule has 0 rings (SSSR count). The molecule has 0 bridgehead atoms. The van der Waals surface area contributed by atoms with Gasteiger partial charge in [-0.3, -0.25) is 0 Å². The van der Waals surface area contributed by atoms with Gasteiger partial charge in [0.05, 0.1) is 0 Å². The predicted molar refractivity (Wildman–Crippen MR) is 115 cm³/mol. The first-order valence-corrected chi connectivity index (χ1v) is 0. The number of hydrogen-bond acceptors (Lipinski definition) is 0. The Balaban J connectivity index is 0. The molecule has 0 aliphatic carbocycles. The molecule has 27 heavy (non-hydrogen) atoms. The average molecular weight is 562 g/mol.